The average molecular weight is 375 g/mol. The lowest BCUT2D eigenvalue weighted by Gasteiger charge is -2.30. The van der Waals surface area contributed by atoms with Crippen LogP contribution in [0.1, 0.15) is 32.1 Å². The molecule has 1 aromatic carbocycles. The van der Waals surface area contributed by atoms with Crippen molar-refractivity contribution >= 4 is 23.8 Å². The Morgan fingerprint density at radius 1 is 1.07 bits per heavy atom. The summed E-state index contributed by atoms with van der Waals surface area (Å²) in [4.78, 5) is 48.1. The number of nitrogens with zero attached hydrogens (tertiary/aromatic N) is 1. The van der Waals surface area contributed by atoms with Gasteiger partial charge in [0.2, 0.25) is 0 Å². The Morgan fingerprint density at radius 2 is 1.78 bits per heavy atom. The van der Waals surface area contributed by atoms with E-state index in [2.05, 4.69) is 10.7 Å². The lowest BCUT2D eigenvalue weighted by molar-refractivity contribution is -0.152. The van der Waals surface area contributed by atoms with Crippen LogP contribution in [0, 0.1) is 0 Å². The average Bonchev–Trinajstić information content (AvgIpc) is 2.90. The zero-order valence-electron chi connectivity index (χ0n) is 14.7. The zero-order valence-corrected chi connectivity index (χ0v) is 14.7. The minimum Gasteiger partial charge on any atom is -0.482 e. The van der Waals surface area contributed by atoms with E-state index in [1.807, 2.05) is 6.07 Å². The van der Waals surface area contributed by atoms with Crippen molar-refractivity contribution in [2.24, 2.45) is 0 Å². The quantitative estimate of drug-likeness (QED) is 0.564. The number of hydrazine groups is 1. The van der Waals surface area contributed by atoms with E-state index in [0.717, 1.165) is 19.3 Å². The third kappa shape index (κ3) is 4.36. The molecule has 9 nitrogen and oxygen atoms in total. The highest BCUT2D eigenvalue weighted by atomic mass is 16.6. The van der Waals surface area contributed by atoms with Gasteiger partial charge in [-0.15, -0.1) is 0 Å². The Morgan fingerprint density at radius 3 is 2.48 bits per heavy atom. The van der Waals surface area contributed by atoms with E-state index in [9.17, 15) is 19.2 Å². The van der Waals surface area contributed by atoms with Crippen LogP contribution in [0.3, 0.4) is 0 Å². The molecule has 2 fully saturated rings. The van der Waals surface area contributed by atoms with Crippen LogP contribution in [0.5, 0.6) is 5.75 Å². The summed E-state index contributed by atoms with van der Waals surface area (Å²) in [6.45, 7) is -0.982. The third-order valence-electron chi connectivity index (χ3n) is 4.57. The monoisotopic (exact) mass is 375 g/mol. The van der Waals surface area contributed by atoms with Gasteiger partial charge in [-0.1, -0.05) is 37.5 Å². The van der Waals surface area contributed by atoms with Gasteiger partial charge in [0.05, 0.1) is 0 Å². The molecule has 1 aliphatic heterocycles. The molecule has 27 heavy (non-hydrogen) atoms. The fourth-order valence-electron chi connectivity index (χ4n) is 3.22. The SMILES string of the molecule is O=C(COC(=O)COc1ccccc1)NN1C(=O)NC2(CCCCC2)C1=O. The van der Waals surface area contributed by atoms with Gasteiger partial charge in [-0.2, -0.15) is 5.01 Å². The summed E-state index contributed by atoms with van der Waals surface area (Å²) in [5.74, 6) is -1.50. The Bertz CT molecular complexity index is 730. The number of carbonyl (C=O) groups excluding carboxylic acids is 4. The minimum atomic E-state index is -0.928. The van der Waals surface area contributed by atoms with Gasteiger partial charge in [-0.3, -0.25) is 15.0 Å². The summed E-state index contributed by atoms with van der Waals surface area (Å²) in [5.41, 5.74) is 1.27. The number of amides is 4. The van der Waals surface area contributed by atoms with Crippen molar-refractivity contribution < 1.29 is 28.7 Å². The second-order valence-electron chi connectivity index (χ2n) is 6.51. The Hall–Kier alpha value is -3.10. The topological polar surface area (TPSA) is 114 Å². The van der Waals surface area contributed by atoms with Gasteiger partial charge in [0, 0.05) is 0 Å². The van der Waals surface area contributed by atoms with Crippen LogP contribution in [0.2, 0.25) is 0 Å². The molecule has 0 unspecified atom stereocenters. The number of benzene rings is 1. The number of esters is 1. The number of para-hydroxylation sites is 1. The highest BCUT2D eigenvalue weighted by Crippen LogP contribution is 2.32. The number of urea groups is 1. The number of carbonyl (C=O) groups is 4. The van der Waals surface area contributed by atoms with Crippen molar-refractivity contribution in [2.75, 3.05) is 13.2 Å². The summed E-state index contributed by atoms with van der Waals surface area (Å²) in [6, 6.07) is 8.01. The maximum Gasteiger partial charge on any atom is 0.344 e. The van der Waals surface area contributed by atoms with Crippen molar-refractivity contribution in [3.8, 4) is 5.75 Å². The first-order valence-corrected chi connectivity index (χ1v) is 8.80. The minimum absolute atomic E-state index is 0.358. The van der Waals surface area contributed by atoms with E-state index in [1.165, 1.54) is 0 Å². The van der Waals surface area contributed by atoms with E-state index in [4.69, 9.17) is 9.47 Å². The number of nitrogens with one attached hydrogen (secondary N) is 2. The largest absolute Gasteiger partial charge is 0.482 e. The Kier molecular flexibility index (Phi) is 5.58. The number of rotatable bonds is 6. The first-order valence-electron chi connectivity index (χ1n) is 8.80. The molecular weight excluding hydrogens is 354 g/mol. The van der Waals surface area contributed by atoms with Gasteiger partial charge in [0.15, 0.2) is 13.2 Å². The maximum atomic E-state index is 12.5. The van der Waals surface area contributed by atoms with Gasteiger partial charge >= 0.3 is 12.0 Å². The van der Waals surface area contributed by atoms with E-state index in [1.54, 1.807) is 24.3 Å². The van der Waals surface area contributed by atoms with Crippen LogP contribution in [0.4, 0.5) is 4.79 Å². The molecule has 2 aliphatic rings. The number of hydrogen-bond acceptors (Lipinski definition) is 6. The van der Waals surface area contributed by atoms with Gasteiger partial charge < -0.3 is 14.8 Å². The van der Waals surface area contributed by atoms with Crippen molar-refractivity contribution in [3.05, 3.63) is 30.3 Å². The molecule has 0 radical (unpaired) electrons. The highest BCUT2D eigenvalue weighted by Gasteiger charge is 2.52. The van der Waals surface area contributed by atoms with Crippen molar-refractivity contribution in [2.45, 2.75) is 37.6 Å². The first kappa shape index (κ1) is 18.7. The Labute approximate surface area is 156 Å². The standard InChI is InChI=1S/C18H21N3O6/c22-14(11-27-15(23)12-26-13-7-3-1-4-8-13)20-21-16(24)18(19-17(21)25)9-5-2-6-10-18/h1,3-4,7-8H,2,5-6,9-12H2,(H,19,25)(H,20,22). The molecular formula is C18H21N3O6. The van der Waals surface area contributed by atoms with Crippen molar-refractivity contribution in [1.29, 1.82) is 0 Å². The maximum absolute atomic E-state index is 12.5. The molecule has 0 aromatic heterocycles. The highest BCUT2D eigenvalue weighted by molar-refractivity contribution is 6.08. The van der Waals surface area contributed by atoms with Crippen LogP contribution < -0.4 is 15.5 Å². The number of ether oxygens (including phenoxy) is 2. The fraction of sp³-hybridized carbons (Fsp3) is 0.444. The predicted molar refractivity (Wildman–Crippen MR) is 92.2 cm³/mol. The second kappa shape index (κ2) is 8.07. The molecule has 1 aromatic rings. The van der Waals surface area contributed by atoms with Gasteiger partial charge in [-0.05, 0) is 25.0 Å². The third-order valence-corrected chi connectivity index (χ3v) is 4.57. The number of hydrogen-bond donors (Lipinski definition) is 2. The van der Waals surface area contributed by atoms with E-state index in [-0.39, 0.29) is 6.61 Å². The van der Waals surface area contributed by atoms with Crippen LogP contribution in [-0.4, -0.2) is 47.6 Å². The molecule has 1 aliphatic carbocycles. The van der Waals surface area contributed by atoms with Gasteiger partial charge in [0.1, 0.15) is 11.3 Å². The molecule has 0 atom stereocenters. The molecule has 3 rings (SSSR count). The normalized spacial score (nSPS) is 18.1. The lowest BCUT2D eigenvalue weighted by atomic mass is 9.82. The molecule has 1 saturated heterocycles. The van der Waals surface area contributed by atoms with Gasteiger partial charge in [-0.25, -0.2) is 9.59 Å². The number of imide groups is 1. The summed E-state index contributed by atoms with van der Waals surface area (Å²) in [5, 5.41) is 3.34. The molecule has 2 N–H and O–H groups in total. The molecule has 4 amide bonds. The van der Waals surface area contributed by atoms with E-state index < -0.39 is 36.0 Å². The molecule has 1 spiro atoms. The van der Waals surface area contributed by atoms with Crippen molar-refractivity contribution in [1.82, 2.24) is 15.8 Å². The first-order chi connectivity index (χ1) is 13.0. The van der Waals surface area contributed by atoms with E-state index in [0.29, 0.717) is 23.6 Å². The van der Waals surface area contributed by atoms with Crippen LogP contribution in [0.15, 0.2) is 30.3 Å². The zero-order chi connectivity index (χ0) is 19.3. The van der Waals surface area contributed by atoms with Crippen LogP contribution >= 0.6 is 0 Å². The Balaban J connectivity index is 1.44. The van der Waals surface area contributed by atoms with Crippen LogP contribution in [0.25, 0.3) is 0 Å². The van der Waals surface area contributed by atoms with Crippen LogP contribution in [-0.2, 0) is 19.1 Å². The molecule has 9 heteroatoms. The smallest absolute Gasteiger partial charge is 0.344 e. The molecule has 0 bridgehead atoms. The van der Waals surface area contributed by atoms with Gasteiger partial charge in [0.25, 0.3) is 11.8 Å². The summed E-state index contributed by atoms with van der Waals surface area (Å²) in [6.07, 6.45) is 3.80. The molecule has 144 valence electrons. The summed E-state index contributed by atoms with van der Waals surface area (Å²) >= 11 is 0. The summed E-state index contributed by atoms with van der Waals surface area (Å²) < 4.78 is 10.0. The predicted octanol–water partition coefficient (Wildman–Crippen LogP) is 0.894. The lowest BCUT2D eigenvalue weighted by Crippen LogP contribution is -2.51. The van der Waals surface area contributed by atoms with E-state index >= 15 is 0 Å². The van der Waals surface area contributed by atoms with Crippen molar-refractivity contribution in [3.63, 3.8) is 0 Å². The molecule has 1 heterocycles. The second-order valence-corrected chi connectivity index (χ2v) is 6.51. The summed E-state index contributed by atoms with van der Waals surface area (Å²) in [7, 11) is 0. The molecule has 1 saturated carbocycles. The fourth-order valence-corrected chi connectivity index (χ4v) is 3.22.